The quantitative estimate of drug-likeness (QED) is 0.545. The SMILES string of the molecule is CNCCCCNCC(C)(C)CCOC. The Balaban J connectivity index is 3.32. The third kappa shape index (κ3) is 10.2. The van der Waals surface area contributed by atoms with Crippen LogP contribution in [0.5, 0.6) is 0 Å². The lowest BCUT2D eigenvalue weighted by Crippen LogP contribution is -2.31. The highest BCUT2D eigenvalue weighted by molar-refractivity contribution is 4.71. The fraction of sp³-hybridized carbons (Fsp3) is 1.00. The highest BCUT2D eigenvalue weighted by atomic mass is 16.5. The lowest BCUT2D eigenvalue weighted by atomic mass is 9.90. The van der Waals surface area contributed by atoms with Crippen molar-refractivity contribution in [3.63, 3.8) is 0 Å². The molecule has 0 saturated heterocycles. The van der Waals surface area contributed by atoms with Crippen LogP contribution in [0, 0.1) is 5.41 Å². The van der Waals surface area contributed by atoms with Gasteiger partial charge in [-0.1, -0.05) is 13.8 Å². The Morgan fingerprint density at radius 1 is 1.13 bits per heavy atom. The monoisotopic (exact) mass is 216 g/mol. The van der Waals surface area contributed by atoms with Crippen molar-refractivity contribution in [2.75, 3.05) is 40.4 Å². The molecule has 0 aliphatic heterocycles. The molecule has 0 fully saturated rings. The van der Waals surface area contributed by atoms with Crippen molar-refractivity contribution >= 4 is 0 Å². The van der Waals surface area contributed by atoms with E-state index in [0.717, 1.165) is 32.7 Å². The number of nitrogens with one attached hydrogen (secondary N) is 2. The minimum absolute atomic E-state index is 0.346. The maximum Gasteiger partial charge on any atom is 0.0467 e. The first-order valence-electron chi connectivity index (χ1n) is 5.96. The van der Waals surface area contributed by atoms with E-state index in [2.05, 4.69) is 24.5 Å². The highest BCUT2D eigenvalue weighted by Gasteiger charge is 2.16. The van der Waals surface area contributed by atoms with Crippen molar-refractivity contribution in [1.29, 1.82) is 0 Å². The number of hydrogen-bond acceptors (Lipinski definition) is 3. The van der Waals surface area contributed by atoms with Crippen LogP contribution >= 0.6 is 0 Å². The van der Waals surface area contributed by atoms with Gasteiger partial charge >= 0.3 is 0 Å². The second kappa shape index (κ2) is 9.13. The zero-order valence-electron chi connectivity index (χ0n) is 10.9. The van der Waals surface area contributed by atoms with Gasteiger partial charge in [-0.05, 0) is 44.8 Å². The lowest BCUT2D eigenvalue weighted by molar-refractivity contribution is 0.151. The van der Waals surface area contributed by atoms with E-state index in [1.54, 1.807) is 7.11 Å². The second-order valence-electron chi connectivity index (χ2n) is 4.89. The van der Waals surface area contributed by atoms with Gasteiger partial charge in [0.2, 0.25) is 0 Å². The fourth-order valence-electron chi connectivity index (χ4n) is 1.45. The Kier molecular flexibility index (Phi) is 9.06. The minimum Gasteiger partial charge on any atom is -0.385 e. The van der Waals surface area contributed by atoms with E-state index in [9.17, 15) is 0 Å². The molecule has 2 N–H and O–H groups in total. The van der Waals surface area contributed by atoms with Gasteiger partial charge in [-0.25, -0.2) is 0 Å². The Hall–Kier alpha value is -0.120. The predicted molar refractivity (Wildman–Crippen MR) is 66.3 cm³/mol. The standard InChI is InChI=1S/C12H28N2O/c1-12(2,7-10-15-4)11-14-9-6-5-8-13-3/h13-14H,5-11H2,1-4H3. The van der Waals surface area contributed by atoms with Gasteiger partial charge in [0.25, 0.3) is 0 Å². The molecule has 0 aliphatic carbocycles. The summed E-state index contributed by atoms with van der Waals surface area (Å²) in [5.41, 5.74) is 0.346. The maximum absolute atomic E-state index is 5.10. The van der Waals surface area contributed by atoms with Gasteiger partial charge in [-0.15, -0.1) is 0 Å². The summed E-state index contributed by atoms with van der Waals surface area (Å²) in [5.74, 6) is 0. The van der Waals surface area contributed by atoms with Crippen LogP contribution in [0.1, 0.15) is 33.1 Å². The van der Waals surface area contributed by atoms with Crippen LogP contribution in [0.3, 0.4) is 0 Å². The van der Waals surface area contributed by atoms with Gasteiger partial charge in [0, 0.05) is 20.3 Å². The van der Waals surface area contributed by atoms with Gasteiger partial charge in [-0.2, -0.15) is 0 Å². The average molecular weight is 216 g/mol. The van der Waals surface area contributed by atoms with Crippen molar-refractivity contribution in [1.82, 2.24) is 10.6 Å². The molecule has 0 radical (unpaired) electrons. The zero-order chi connectivity index (χ0) is 11.6. The molecule has 0 aromatic rings. The molecule has 0 bridgehead atoms. The Labute approximate surface area is 95.0 Å². The van der Waals surface area contributed by atoms with Gasteiger partial charge in [0.1, 0.15) is 0 Å². The summed E-state index contributed by atoms with van der Waals surface area (Å²) in [6.07, 6.45) is 3.62. The summed E-state index contributed by atoms with van der Waals surface area (Å²) < 4.78 is 5.10. The van der Waals surface area contributed by atoms with Crippen molar-refractivity contribution in [2.45, 2.75) is 33.1 Å². The Bertz CT molecular complexity index is 138. The first-order valence-corrected chi connectivity index (χ1v) is 5.96. The lowest BCUT2D eigenvalue weighted by Gasteiger charge is -2.24. The van der Waals surface area contributed by atoms with E-state index in [4.69, 9.17) is 4.74 Å². The first kappa shape index (κ1) is 14.9. The van der Waals surface area contributed by atoms with E-state index in [1.165, 1.54) is 12.8 Å². The normalized spacial score (nSPS) is 12.0. The summed E-state index contributed by atoms with van der Waals surface area (Å²) in [5, 5.41) is 6.67. The summed E-state index contributed by atoms with van der Waals surface area (Å²) in [4.78, 5) is 0. The molecule has 15 heavy (non-hydrogen) atoms. The number of ether oxygens (including phenoxy) is 1. The molecule has 0 aromatic heterocycles. The molecule has 0 heterocycles. The molecule has 0 atom stereocenters. The molecule has 3 heteroatoms. The molecule has 92 valence electrons. The van der Waals surface area contributed by atoms with Crippen molar-refractivity contribution in [3.05, 3.63) is 0 Å². The van der Waals surface area contributed by atoms with Crippen LogP contribution in [-0.2, 0) is 4.74 Å². The van der Waals surface area contributed by atoms with Gasteiger partial charge < -0.3 is 15.4 Å². The molecule has 0 aliphatic rings. The van der Waals surface area contributed by atoms with Crippen molar-refractivity contribution in [3.8, 4) is 0 Å². The van der Waals surface area contributed by atoms with E-state index in [-0.39, 0.29) is 0 Å². The average Bonchev–Trinajstić information content (AvgIpc) is 2.20. The highest BCUT2D eigenvalue weighted by Crippen LogP contribution is 2.18. The number of hydrogen-bond donors (Lipinski definition) is 2. The summed E-state index contributed by atoms with van der Waals surface area (Å²) in [6.45, 7) is 8.75. The van der Waals surface area contributed by atoms with E-state index in [1.807, 2.05) is 7.05 Å². The van der Waals surface area contributed by atoms with Crippen molar-refractivity contribution in [2.24, 2.45) is 5.41 Å². The van der Waals surface area contributed by atoms with E-state index < -0.39 is 0 Å². The summed E-state index contributed by atoms with van der Waals surface area (Å²) >= 11 is 0. The molecule has 3 nitrogen and oxygen atoms in total. The topological polar surface area (TPSA) is 33.3 Å². The summed E-state index contributed by atoms with van der Waals surface area (Å²) in [6, 6.07) is 0. The van der Waals surface area contributed by atoms with Crippen LogP contribution in [0.2, 0.25) is 0 Å². The van der Waals surface area contributed by atoms with Gasteiger partial charge in [0.05, 0.1) is 0 Å². The van der Waals surface area contributed by atoms with Crippen LogP contribution in [-0.4, -0.2) is 40.4 Å². The minimum atomic E-state index is 0.346. The third-order valence-corrected chi connectivity index (χ3v) is 2.62. The van der Waals surface area contributed by atoms with E-state index in [0.29, 0.717) is 5.41 Å². The van der Waals surface area contributed by atoms with Crippen LogP contribution in [0.25, 0.3) is 0 Å². The van der Waals surface area contributed by atoms with Crippen LogP contribution < -0.4 is 10.6 Å². The fourth-order valence-corrected chi connectivity index (χ4v) is 1.45. The third-order valence-electron chi connectivity index (χ3n) is 2.62. The number of methoxy groups -OCH3 is 1. The second-order valence-corrected chi connectivity index (χ2v) is 4.89. The molecular formula is C12H28N2O. The first-order chi connectivity index (χ1) is 7.12. The van der Waals surface area contributed by atoms with Crippen LogP contribution in [0.15, 0.2) is 0 Å². The zero-order valence-corrected chi connectivity index (χ0v) is 10.9. The Morgan fingerprint density at radius 2 is 1.80 bits per heavy atom. The van der Waals surface area contributed by atoms with Crippen molar-refractivity contribution < 1.29 is 4.74 Å². The smallest absolute Gasteiger partial charge is 0.0467 e. The van der Waals surface area contributed by atoms with Gasteiger partial charge in [-0.3, -0.25) is 0 Å². The maximum atomic E-state index is 5.10. The predicted octanol–water partition coefficient (Wildman–Crippen LogP) is 1.64. The largest absolute Gasteiger partial charge is 0.385 e. The molecular weight excluding hydrogens is 188 g/mol. The van der Waals surface area contributed by atoms with Crippen LogP contribution in [0.4, 0.5) is 0 Å². The van der Waals surface area contributed by atoms with Gasteiger partial charge in [0.15, 0.2) is 0 Å². The molecule has 0 saturated carbocycles. The molecule has 0 unspecified atom stereocenters. The number of unbranched alkanes of at least 4 members (excludes halogenated alkanes) is 1. The molecule has 0 aromatic carbocycles. The Morgan fingerprint density at radius 3 is 2.40 bits per heavy atom. The molecule has 0 amide bonds. The van der Waals surface area contributed by atoms with E-state index >= 15 is 0 Å². The number of rotatable bonds is 10. The molecule has 0 rings (SSSR count). The summed E-state index contributed by atoms with van der Waals surface area (Å²) in [7, 11) is 3.77. The molecule has 0 spiro atoms.